The Bertz CT molecular complexity index is 1920. The number of phosphoric acid groups is 2. The summed E-state index contributed by atoms with van der Waals surface area (Å²) in [7, 11) is -9.92. The van der Waals surface area contributed by atoms with E-state index in [1.807, 2.05) is 0 Å². The Balaban J connectivity index is 5.31. The zero-order valence-electron chi connectivity index (χ0n) is 60.2. The van der Waals surface area contributed by atoms with Crippen LogP contribution < -0.4 is 0 Å². The number of phosphoric ester groups is 2. The van der Waals surface area contributed by atoms with Crippen LogP contribution in [0.1, 0.15) is 350 Å². The summed E-state index contributed by atoms with van der Waals surface area (Å²) in [5.74, 6) is 0.166. The molecule has 4 unspecified atom stereocenters. The van der Waals surface area contributed by atoms with E-state index >= 15 is 0 Å². The molecule has 0 spiro atoms. The Kier molecular flexibility index (Phi) is 62.5. The Labute approximate surface area is 567 Å². The number of rotatable bonds is 70. The first-order valence-corrected chi connectivity index (χ1v) is 40.7. The third kappa shape index (κ3) is 65.3. The van der Waals surface area contributed by atoms with E-state index in [0.29, 0.717) is 25.7 Å². The standard InChI is InChI=1S/C74H140O17P2/c1-8-11-12-13-14-15-16-17-18-19-20-27-36-43-50-57-73(78)90-69(61-84-71(76)55-48-41-34-26-22-21-25-32-39-46-53-66(6)9-2)63-88-92(80,81)86-59-68(75)60-87-93(82,83)89-64-70(91-74(79)58-51-44-37-28-23-24-31-38-45-52-65(4)5)62-85-72(77)56-49-42-35-30-29-33-40-47-54-67(7)10-3/h15-18,65-70,75H,8-14,19-64H2,1-7H3,(H,80,81)(H,82,83)/b16-15-,18-17-/t66?,67?,68-,69-,70-/m1/s1. The molecular formula is C74H140O17P2. The lowest BCUT2D eigenvalue weighted by Gasteiger charge is -2.21. The number of allylic oxidation sites excluding steroid dienone is 4. The molecule has 0 aliphatic carbocycles. The molecule has 0 fully saturated rings. The molecule has 17 nitrogen and oxygen atoms in total. The van der Waals surface area contributed by atoms with Crippen molar-refractivity contribution in [1.29, 1.82) is 0 Å². The van der Waals surface area contributed by atoms with E-state index in [1.165, 1.54) is 148 Å². The number of aliphatic hydroxyl groups is 1. The minimum atomic E-state index is -4.96. The summed E-state index contributed by atoms with van der Waals surface area (Å²) in [6.07, 6.45) is 52.0. The lowest BCUT2D eigenvalue weighted by Crippen LogP contribution is -2.30. The highest BCUT2D eigenvalue weighted by molar-refractivity contribution is 7.47. The molecule has 0 aromatic rings. The lowest BCUT2D eigenvalue weighted by molar-refractivity contribution is -0.161. The molecule has 19 heteroatoms. The van der Waals surface area contributed by atoms with Crippen molar-refractivity contribution in [3.63, 3.8) is 0 Å². The topological polar surface area (TPSA) is 237 Å². The molecule has 0 amide bonds. The average Bonchev–Trinajstić information content (AvgIpc) is 3.54. The molecule has 0 bridgehead atoms. The van der Waals surface area contributed by atoms with Crippen molar-refractivity contribution in [2.45, 2.75) is 369 Å². The average molecular weight is 1360 g/mol. The van der Waals surface area contributed by atoms with Crippen molar-refractivity contribution in [2.75, 3.05) is 39.6 Å². The first-order valence-electron chi connectivity index (χ1n) is 37.7. The molecule has 0 aromatic carbocycles. The molecule has 548 valence electrons. The monoisotopic (exact) mass is 1360 g/mol. The van der Waals surface area contributed by atoms with Gasteiger partial charge in [0.25, 0.3) is 0 Å². The molecule has 0 heterocycles. The van der Waals surface area contributed by atoms with Gasteiger partial charge in [-0.3, -0.25) is 37.3 Å². The van der Waals surface area contributed by atoms with Gasteiger partial charge in [-0.05, 0) is 69.1 Å². The van der Waals surface area contributed by atoms with Crippen molar-refractivity contribution < 1.29 is 80.2 Å². The van der Waals surface area contributed by atoms with Gasteiger partial charge < -0.3 is 33.8 Å². The van der Waals surface area contributed by atoms with Crippen LogP contribution in [-0.4, -0.2) is 96.7 Å². The van der Waals surface area contributed by atoms with Gasteiger partial charge in [-0.2, -0.15) is 0 Å². The van der Waals surface area contributed by atoms with Gasteiger partial charge in [0.05, 0.1) is 26.4 Å². The number of unbranched alkanes of at least 4 members (excludes halogenated alkanes) is 33. The predicted octanol–water partition coefficient (Wildman–Crippen LogP) is 21.0. The third-order valence-electron chi connectivity index (χ3n) is 17.2. The minimum absolute atomic E-state index is 0.0844. The summed E-state index contributed by atoms with van der Waals surface area (Å²) in [6.45, 7) is 11.8. The highest BCUT2D eigenvalue weighted by atomic mass is 31.2. The van der Waals surface area contributed by atoms with Gasteiger partial charge >= 0.3 is 39.5 Å². The molecule has 7 atom stereocenters. The second-order valence-corrected chi connectivity index (χ2v) is 29.9. The quantitative estimate of drug-likeness (QED) is 0.0169. The van der Waals surface area contributed by atoms with Crippen molar-refractivity contribution in [3.05, 3.63) is 24.3 Å². The molecule has 0 rings (SSSR count). The van der Waals surface area contributed by atoms with Crippen molar-refractivity contribution >= 4 is 39.5 Å². The van der Waals surface area contributed by atoms with Crippen molar-refractivity contribution in [3.8, 4) is 0 Å². The zero-order valence-corrected chi connectivity index (χ0v) is 62.0. The maximum absolute atomic E-state index is 13.1. The van der Waals surface area contributed by atoms with Gasteiger partial charge in [0.2, 0.25) is 0 Å². The smallest absolute Gasteiger partial charge is 0.462 e. The summed E-state index contributed by atoms with van der Waals surface area (Å²) in [5, 5.41) is 10.6. The van der Waals surface area contributed by atoms with E-state index in [0.717, 1.165) is 120 Å². The maximum atomic E-state index is 13.1. The van der Waals surface area contributed by atoms with Gasteiger partial charge in [-0.25, -0.2) is 9.13 Å². The number of hydrogen-bond donors (Lipinski definition) is 3. The van der Waals surface area contributed by atoms with Crippen LogP contribution in [0.5, 0.6) is 0 Å². The fourth-order valence-corrected chi connectivity index (χ4v) is 12.2. The van der Waals surface area contributed by atoms with Crippen molar-refractivity contribution in [2.24, 2.45) is 17.8 Å². The van der Waals surface area contributed by atoms with Crippen LogP contribution in [0.3, 0.4) is 0 Å². The van der Waals surface area contributed by atoms with Gasteiger partial charge in [-0.1, -0.05) is 297 Å². The molecule has 93 heavy (non-hydrogen) atoms. The van der Waals surface area contributed by atoms with E-state index in [-0.39, 0.29) is 25.7 Å². The SMILES string of the molecule is CCCCCC/C=C\C=C/CCCCCCCC(=O)O[C@H](COC(=O)CCCCCCCCCCCCC(C)CC)COP(=O)(O)OC[C@@H](O)COP(=O)(O)OC[C@@H](COC(=O)CCCCCCCCCCC(C)CC)OC(=O)CCCCCCCCCCCC(C)C. The van der Waals surface area contributed by atoms with E-state index in [4.69, 9.17) is 37.0 Å². The molecule has 3 N–H and O–H groups in total. The van der Waals surface area contributed by atoms with Crippen LogP contribution in [0, 0.1) is 17.8 Å². The second kappa shape index (κ2) is 64.2. The van der Waals surface area contributed by atoms with E-state index in [1.54, 1.807) is 0 Å². The van der Waals surface area contributed by atoms with Crippen LogP contribution in [0.4, 0.5) is 0 Å². The number of carbonyl (C=O) groups excluding carboxylic acids is 4. The fraction of sp³-hybridized carbons (Fsp3) is 0.892. The molecule has 0 aromatic heterocycles. The number of aliphatic hydroxyl groups excluding tert-OH is 1. The third-order valence-corrected chi connectivity index (χ3v) is 19.1. The van der Waals surface area contributed by atoms with Crippen LogP contribution in [0.2, 0.25) is 0 Å². The largest absolute Gasteiger partial charge is 0.472 e. The summed E-state index contributed by atoms with van der Waals surface area (Å²) in [6, 6.07) is 0. The normalized spacial score (nSPS) is 14.9. The molecule has 0 saturated heterocycles. The van der Waals surface area contributed by atoms with Gasteiger partial charge in [-0.15, -0.1) is 0 Å². The number of hydrogen-bond acceptors (Lipinski definition) is 15. The maximum Gasteiger partial charge on any atom is 0.472 e. The van der Waals surface area contributed by atoms with Crippen molar-refractivity contribution in [1.82, 2.24) is 0 Å². The Morgan fingerprint density at radius 1 is 0.355 bits per heavy atom. The summed E-state index contributed by atoms with van der Waals surface area (Å²) in [4.78, 5) is 72.7. The Morgan fingerprint density at radius 3 is 0.957 bits per heavy atom. The van der Waals surface area contributed by atoms with E-state index in [2.05, 4.69) is 72.8 Å². The first-order chi connectivity index (χ1) is 44.8. The van der Waals surface area contributed by atoms with Gasteiger partial charge in [0.1, 0.15) is 19.3 Å². The number of ether oxygens (including phenoxy) is 4. The zero-order chi connectivity index (χ0) is 68.7. The molecule has 0 aliphatic heterocycles. The van der Waals surface area contributed by atoms with Crippen LogP contribution in [0.15, 0.2) is 24.3 Å². The second-order valence-electron chi connectivity index (χ2n) is 27.0. The Morgan fingerprint density at radius 2 is 0.634 bits per heavy atom. The van der Waals surface area contributed by atoms with E-state index in [9.17, 15) is 43.2 Å². The molecule has 0 aliphatic rings. The van der Waals surface area contributed by atoms with Gasteiger partial charge in [0, 0.05) is 25.7 Å². The number of carbonyl (C=O) groups is 4. The summed E-state index contributed by atoms with van der Waals surface area (Å²) < 4.78 is 68.4. The molecular weight excluding hydrogens is 1220 g/mol. The highest BCUT2D eigenvalue weighted by Crippen LogP contribution is 2.45. The fourth-order valence-electron chi connectivity index (χ4n) is 10.6. The summed E-state index contributed by atoms with van der Waals surface area (Å²) >= 11 is 0. The lowest BCUT2D eigenvalue weighted by atomic mass is 9.99. The number of esters is 4. The highest BCUT2D eigenvalue weighted by Gasteiger charge is 2.30. The summed E-state index contributed by atoms with van der Waals surface area (Å²) in [5.41, 5.74) is 0. The van der Waals surface area contributed by atoms with E-state index < -0.39 is 97.5 Å². The van der Waals surface area contributed by atoms with Gasteiger partial charge in [0.15, 0.2) is 12.2 Å². The molecule has 0 saturated carbocycles. The minimum Gasteiger partial charge on any atom is -0.462 e. The van der Waals surface area contributed by atoms with Crippen LogP contribution in [-0.2, 0) is 65.4 Å². The van der Waals surface area contributed by atoms with Crippen LogP contribution >= 0.6 is 15.6 Å². The Hall–Kier alpha value is -2.46. The predicted molar refractivity (Wildman–Crippen MR) is 377 cm³/mol. The van der Waals surface area contributed by atoms with Crippen LogP contribution in [0.25, 0.3) is 0 Å². The molecule has 0 radical (unpaired) electrons. The first kappa shape index (κ1) is 90.5.